The van der Waals surface area contributed by atoms with E-state index < -0.39 is 0 Å². The van der Waals surface area contributed by atoms with Gasteiger partial charge in [0.15, 0.2) is 5.11 Å². The summed E-state index contributed by atoms with van der Waals surface area (Å²) in [5, 5.41) is 6.31. The van der Waals surface area contributed by atoms with Crippen LogP contribution < -0.4 is 10.2 Å². The van der Waals surface area contributed by atoms with Crippen LogP contribution in [0.15, 0.2) is 63.0 Å². The van der Waals surface area contributed by atoms with E-state index in [2.05, 4.69) is 83.6 Å². The third-order valence-corrected chi connectivity index (χ3v) is 7.37. The van der Waals surface area contributed by atoms with Gasteiger partial charge in [-0.1, -0.05) is 22.0 Å². The third-order valence-electron chi connectivity index (χ3n) is 4.40. The Morgan fingerprint density at radius 3 is 2.69 bits per heavy atom. The zero-order chi connectivity index (χ0) is 18.3. The Kier molecular flexibility index (Phi) is 5.14. The molecule has 1 fully saturated rings. The maximum atomic E-state index is 5.73. The molecule has 0 bridgehead atoms. The molecule has 3 heterocycles. The van der Waals surface area contributed by atoms with Crippen molar-refractivity contribution >= 4 is 66.2 Å². The number of aryl methyl sites for hydroxylation is 1. The van der Waals surface area contributed by atoms with Gasteiger partial charge in [0.05, 0.1) is 17.8 Å². The molecule has 2 atom stereocenters. The van der Waals surface area contributed by atoms with Crippen molar-refractivity contribution in [3.8, 4) is 0 Å². The normalized spacial score (nSPS) is 19.7. The average molecular weight is 509 g/mol. The van der Waals surface area contributed by atoms with Crippen LogP contribution in [-0.4, -0.2) is 10.1 Å². The number of pyridine rings is 1. The van der Waals surface area contributed by atoms with Crippen LogP contribution in [-0.2, 0) is 0 Å². The second-order valence-electron chi connectivity index (χ2n) is 6.10. The lowest BCUT2D eigenvalue weighted by molar-refractivity contribution is 0.575. The SMILES string of the molecule is Cc1cc(N2C(=S)N[C@H](c3ccccn3)[C@H]2c2cc(Br)cs2)ccc1Br. The number of thiocarbonyl (C=S) groups is 1. The highest BCUT2D eigenvalue weighted by Gasteiger charge is 2.41. The second-order valence-corrected chi connectivity index (χ2v) is 9.20. The fourth-order valence-corrected chi connectivity index (χ4v) is 5.35. The summed E-state index contributed by atoms with van der Waals surface area (Å²) in [4.78, 5) is 8.01. The van der Waals surface area contributed by atoms with Gasteiger partial charge in [0.2, 0.25) is 0 Å². The number of rotatable bonds is 3. The van der Waals surface area contributed by atoms with Crippen LogP contribution in [0.2, 0.25) is 0 Å². The first kappa shape index (κ1) is 18.1. The predicted molar refractivity (Wildman–Crippen MR) is 119 cm³/mol. The van der Waals surface area contributed by atoms with E-state index in [1.54, 1.807) is 11.3 Å². The van der Waals surface area contributed by atoms with Gasteiger partial charge in [0, 0.05) is 31.1 Å². The van der Waals surface area contributed by atoms with Gasteiger partial charge in [-0.15, -0.1) is 11.3 Å². The standard InChI is InChI=1S/C19H15Br2N3S2/c1-11-8-13(5-6-14(11)21)24-18(16-9-12(20)10-26-16)17(23-19(24)25)15-4-2-3-7-22-15/h2-10,17-18H,1H3,(H,23,25)/t17-,18-/m1/s1. The number of nitrogens with zero attached hydrogens (tertiary/aromatic N) is 2. The Balaban J connectivity index is 1.83. The minimum Gasteiger partial charge on any atom is -0.351 e. The molecule has 1 aliphatic rings. The van der Waals surface area contributed by atoms with Gasteiger partial charge in [0.25, 0.3) is 0 Å². The molecule has 0 saturated carbocycles. The Labute approximate surface area is 178 Å². The maximum Gasteiger partial charge on any atom is 0.174 e. The fraction of sp³-hybridized carbons (Fsp3) is 0.158. The van der Waals surface area contributed by atoms with Crippen molar-refractivity contribution in [2.75, 3.05) is 4.90 Å². The van der Waals surface area contributed by atoms with Gasteiger partial charge < -0.3 is 10.2 Å². The summed E-state index contributed by atoms with van der Waals surface area (Å²) in [6.45, 7) is 2.09. The Bertz CT molecular complexity index is 958. The van der Waals surface area contributed by atoms with Gasteiger partial charge >= 0.3 is 0 Å². The van der Waals surface area contributed by atoms with Crippen molar-refractivity contribution in [3.63, 3.8) is 0 Å². The maximum absolute atomic E-state index is 5.73. The topological polar surface area (TPSA) is 28.2 Å². The molecule has 0 amide bonds. The van der Waals surface area contributed by atoms with Gasteiger partial charge in [-0.2, -0.15) is 0 Å². The second kappa shape index (κ2) is 7.38. The predicted octanol–water partition coefficient (Wildman–Crippen LogP) is 6.15. The van der Waals surface area contributed by atoms with Crippen LogP contribution in [0, 0.1) is 6.92 Å². The van der Waals surface area contributed by atoms with Crippen LogP contribution in [0.4, 0.5) is 5.69 Å². The van der Waals surface area contributed by atoms with Crippen molar-refractivity contribution in [1.82, 2.24) is 10.3 Å². The van der Waals surface area contributed by atoms with E-state index in [9.17, 15) is 0 Å². The summed E-state index contributed by atoms with van der Waals surface area (Å²) in [6, 6.07) is 14.5. The zero-order valence-corrected chi connectivity index (χ0v) is 18.6. The van der Waals surface area contributed by atoms with Crippen molar-refractivity contribution < 1.29 is 0 Å². The molecule has 132 valence electrons. The van der Waals surface area contributed by atoms with Crippen LogP contribution in [0.3, 0.4) is 0 Å². The molecule has 1 saturated heterocycles. The van der Waals surface area contributed by atoms with Gasteiger partial charge in [-0.05, 0) is 77.0 Å². The van der Waals surface area contributed by atoms with E-state index >= 15 is 0 Å². The summed E-state index contributed by atoms with van der Waals surface area (Å²) in [7, 11) is 0. The molecule has 4 rings (SSSR count). The van der Waals surface area contributed by atoms with Crippen LogP contribution >= 0.6 is 55.4 Å². The van der Waals surface area contributed by atoms with E-state index in [-0.39, 0.29) is 12.1 Å². The Hall–Kier alpha value is -1.28. The number of aromatic nitrogens is 1. The number of thiophene rings is 1. The number of benzene rings is 1. The molecule has 3 nitrogen and oxygen atoms in total. The smallest absolute Gasteiger partial charge is 0.174 e. The summed E-state index contributed by atoms with van der Waals surface area (Å²) in [5.74, 6) is 0. The van der Waals surface area contributed by atoms with Crippen LogP contribution in [0.25, 0.3) is 0 Å². The Morgan fingerprint density at radius 1 is 1.19 bits per heavy atom. The summed E-state index contributed by atoms with van der Waals surface area (Å²) in [6.07, 6.45) is 1.83. The summed E-state index contributed by atoms with van der Waals surface area (Å²) in [5.41, 5.74) is 3.24. The zero-order valence-electron chi connectivity index (χ0n) is 13.8. The molecule has 1 aliphatic heterocycles. The molecule has 26 heavy (non-hydrogen) atoms. The van der Waals surface area contributed by atoms with Crippen molar-refractivity contribution in [3.05, 3.63) is 79.1 Å². The molecule has 2 aromatic heterocycles. The summed E-state index contributed by atoms with van der Waals surface area (Å²) >= 11 is 14.6. The minimum atomic E-state index is -0.00166. The third kappa shape index (κ3) is 3.33. The van der Waals surface area contributed by atoms with Crippen LogP contribution in [0.1, 0.15) is 28.2 Å². The van der Waals surface area contributed by atoms with Crippen LogP contribution in [0.5, 0.6) is 0 Å². The molecule has 3 aromatic rings. The molecule has 1 N–H and O–H groups in total. The van der Waals surface area contributed by atoms with E-state index in [1.807, 2.05) is 24.4 Å². The molecule has 7 heteroatoms. The van der Waals surface area contributed by atoms with Crippen molar-refractivity contribution in [2.24, 2.45) is 0 Å². The molecule has 0 spiro atoms. The van der Waals surface area contributed by atoms with Crippen molar-refractivity contribution in [2.45, 2.75) is 19.0 Å². The average Bonchev–Trinajstić information content (AvgIpc) is 3.21. The summed E-state index contributed by atoms with van der Waals surface area (Å²) < 4.78 is 2.18. The molecular weight excluding hydrogens is 494 g/mol. The highest BCUT2D eigenvalue weighted by atomic mass is 79.9. The lowest BCUT2D eigenvalue weighted by Gasteiger charge is -2.27. The number of nitrogens with one attached hydrogen (secondary N) is 1. The minimum absolute atomic E-state index is 0.00166. The van der Waals surface area contributed by atoms with Gasteiger partial charge in [0.1, 0.15) is 0 Å². The Morgan fingerprint density at radius 2 is 2.04 bits per heavy atom. The van der Waals surface area contributed by atoms with E-state index in [0.717, 1.165) is 25.4 Å². The lowest BCUT2D eigenvalue weighted by atomic mass is 10.0. The quantitative estimate of drug-likeness (QED) is 0.429. The number of halogens is 2. The van der Waals surface area contributed by atoms with Gasteiger partial charge in [-0.3, -0.25) is 4.98 Å². The number of hydrogen-bond acceptors (Lipinski definition) is 3. The first-order valence-electron chi connectivity index (χ1n) is 8.05. The monoisotopic (exact) mass is 507 g/mol. The van der Waals surface area contributed by atoms with Crippen molar-refractivity contribution in [1.29, 1.82) is 0 Å². The highest BCUT2D eigenvalue weighted by Crippen LogP contribution is 2.44. The van der Waals surface area contributed by atoms with Gasteiger partial charge in [-0.25, -0.2) is 0 Å². The number of hydrogen-bond donors (Lipinski definition) is 1. The van der Waals surface area contributed by atoms with E-state index in [4.69, 9.17) is 12.2 Å². The molecule has 1 aromatic carbocycles. The highest BCUT2D eigenvalue weighted by molar-refractivity contribution is 9.10. The molecule has 0 aliphatic carbocycles. The first-order valence-corrected chi connectivity index (χ1v) is 10.9. The van der Waals surface area contributed by atoms with E-state index in [0.29, 0.717) is 0 Å². The number of anilines is 1. The fourth-order valence-electron chi connectivity index (χ4n) is 3.18. The molecule has 0 unspecified atom stereocenters. The molecular formula is C19H15Br2N3S2. The first-order chi connectivity index (χ1) is 12.5. The lowest BCUT2D eigenvalue weighted by Crippen LogP contribution is -2.29. The van der Waals surface area contributed by atoms with E-state index in [1.165, 1.54) is 10.4 Å². The largest absolute Gasteiger partial charge is 0.351 e. The molecule has 0 radical (unpaired) electrons.